The molecule has 0 aliphatic carbocycles. The summed E-state index contributed by atoms with van der Waals surface area (Å²) in [6, 6.07) is 18.2. The van der Waals surface area contributed by atoms with Crippen LogP contribution in [-0.4, -0.2) is 11.8 Å². The van der Waals surface area contributed by atoms with Crippen molar-refractivity contribution in [3.8, 4) is 28.3 Å². The van der Waals surface area contributed by atoms with E-state index < -0.39 is 0 Å². The molecule has 0 aliphatic heterocycles. The molecular formula is C21H23NO2. The molecule has 24 heavy (non-hydrogen) atoms. The molecule has 0 saturated carbocycles. The fourth-order valence-corrected chi connectivity index (χ4v) is 2.53. The summed E-state index contributed by atoms with van der Waals surface area (Å²) in [7, 11) is 0. The molecule has 124 valence electrons. The average Bonchev–Trinajstić information content (AvgIpc) is 3.10. The first kappa shape index (κ1) is 16.3. The molecule has 1 heterocycles. The Bertz CT molecular complexity index is 757. The van der Waals surface area contributed by atoms with Crippen molar-refractivity contribution in [3.63, 3.8) is 0 Å². The molecule has 0 amide bonds. The second-order valence-corrected chi connectivity index (χ2v) is 6.02. The lowest BCUT2D eigenvalue weighted by molar-refractivity contribution is 0.306. The van der Waals surface area contributed by atoms with E-state index in [0.717, 1.165) is 41.4 Å². The molecule has 1 aromatic heterocycles. The van der Waals surface area contributed by atoms with Crippen molar-refractivity contribution in [2.45, 2.75) is 33.1 Å². The monoisotopic (exact) mass is 321 g/mol. The Labute approximate surface area is 143 Å². The number of aryl methyl sites for hydroxylation is 1. The number of aromatic nitrogens is 1. The zero-order valence-corrected chi connectivity index (χ0v) is 14.3. The molecule has 0 aliphatic rings. The number of hydrogen-bond donors (Lipinski definition) is 0. The van der Waals surface area contributed by atoms with Gasteiger partial charge in [-0.1, -0.05) is 54.8 Å². The van der Waals surface area contributed by atoms with Crippen molar-refractivity contribution in [1.82, 2.24) is 5.16 Å². The topological polar surface area (TPSA) is 35.3 Å². The van der Waals surface area contributed by atoms with E-state index in [2.05, 4.69) is 43.3 Å². The van der Waals surface area contributed by atoms with Crippen LogP contribution in [0.4, 0.5) is 0 Å². The standard InChI is InChI=1S/C21H23NO2/c1-3-4-5-14-23-19-12-10-18(11-13-19)21-15-20(22-24-21)17-8-6-16(2)7-9-17/h6-13,15H,3-5,14H2,1-2H3. The molecule has 0 radical (unpaired) electrons. The maximum absolute atomic E-state index is 5.74. The van der Waals surface area contributed by atoms with Gasteiger partial charge in [0.15, 0.2) is 5.76 Å². The molecular weight excluding hydrogens is 298 g/mol. The van der Waals surface area contributed by atoms with Gasteiger partial charge >= 0.3 is 0 Å². The van der Waals surface area contributed by atoms with Crippen LogP contribution in [0, 0.1) is 6.92 Å². The van der Waals surface area contributed by atoms with Crippen molar-refractivity contribution in [1.29, 1.82) is 0 Å². The molecule has 0 saturated heterocycles. The highest BCUT2D eigenvalue weighted by atomic mass is 16.5. The van der Waals surface area contributed by atoms with E-state index in [1.165, 1.54) is 18.4 Å². The molecule has 0 spiro atoms. The van der Waals surface area contributed by atoms with Crippen LogP contribution in [0.1, 0.15) is 31.7 Å². The van der Waals surface area contributed by atoms with Gasteiger partial charge in [-0.15, -0.1) is 0 Å². The molecule has 3 rings (SSSR count). The van der Waals surface area contributed by atoms with E-state index >= 15 is 0 Å². The third-order valence-corrected chi connectivity index (χ3v) is 4.01. The highest BCUT2D eigenvalue weighted by molar-refractivity contribution is 5.67. The van der Waals surface area contributed by atoms with Crippen LogP contribution < -0.4 is 4.74 Å². The van der Waals surface area contributed by atoms with Gasteiger partial charge < -0.3 is 9.26 Å². The number of hydrogen-bond acceptors (Lipinski definition) is 3. The van der Waals surface area contributed by atoms with Crippen LogP contribution >= 0.6 is 0 Å². The number of benzene rings is 2. The summed E-state index contributed by atoms with van der Waals surface area (Å²) < 4.78 is 11.2. The predicted octanol–water partition coefficient (Wildman–Crippen LogP) is 5.89. The van der Waals surface area contributed by atoms with Gasteiger partial charge in [-0.2, -0.15) is 0 Å². The van der Waals surface area contributed by atoms with E-state index in [9.17, 15) is 0 Å². The van der Waals surface area contributed by atoms with Crippen molar-refractivity contribution >= 4 is 0 Å². The van der Waals surface area contributed by atoms with Crippen molar-refractivity contribution in [3.05, 3.63) is 60.2 Å². The Balaban J connectivity index is 1.67. The Morgan fingerprint density at radius 3 is 2.33 bits per heavy atom. The molecule has 3 aromatic rings. The van der Waals surface area contributed by atoms with E-state index in [-0.39, 0.29) is 0 Å². The lowest BCUT2D eigenvalue weighted by Gasteiger charge is -2.05. The third-order valence-electron chi connectivity index (χ3n) is 4.01. The molecule has 0 unspecified atom stereocenters. The van der Waals surface area contributed by atoms with Gasteiger partial charge in [0.2, 0.25) is 0 Å². The van der Waals surface area contributed by atoms with Gasteiger partial charge in [0.1, 0.15) is 11.4 Å². The average molecular weight is 321 g/mol. The second kappa shape index (κ2) is 7.82. The summed E-state index contributed by atoms with van der Waals surface area (Å²) in [6.45, 7) is 5.04. The lowest BCUT2D eigenvalue weighted by atomic mass is 10.1. The SMILES string of the molecule is CCCCCOc1ccc(-c2cc(-c3ccc(C)cc3)no2)cc1. The number of rotatable bonds is 7. The second-order valence-electron chi connectivity index (χ2n) is 6.02. The maximum atomic E-state index is 5.74. The lowest BCUT2D eigenvalue weighted by Crippen LogP contribution is -1.96. The zero-order chi connectivity index (χ0) is 16.8. The summed E-state index contributed by atoms with van der Waals surface area (Å²) in [5.41, 5.74) is 4.15. The first-order chi connectivity index (χ1) is 11.8. The van der Waals surface area contributed by atoms with Crippen LogP contribution in [0.3, 0.4) is 0 Å². The van der Waals surface area contributed by atoms with Gasteiger partial charge in [0.05, 0.1) is 6.61 Å². The predicted molar refractivity (Wildman–Crippen MR) is 97.1 cm³/mol. The van der Waals surface area contributed by atoms with E-state index in [1.54, 1.807) is 0 Å². The molecule has 0 bridgehead atoms. The quantitative estimate of drug-likeness (QED) is 0.509. The minimum atomic E-state index is 0.767. The smallest absolute Gasteiger partial charge is 0.167 e. The van der Waals surface area contributed by atoms with Gasteiger partial charge in [-0.3, -0.25) is 0 Å². The first-order valence-corrected chi connectivity index (χ1v) is 8.53. The minimum Gasteiger partial charge on any atom is -0.494 e. The summed E-state index contributed by atoms with van der Waals surface area (Å²) in [5, 5.41) is 4.18. The van der Waals surface area contributed by atoms with Gasteiger partial charge in [-0.05, 0) is 37.6 Å². The molecule has 0 N–H and O–H groups in total. The largest absolute Gasteiger partial charge is 0.494 e. The van der Waals surface area contributed by atoms with Crippen LogP contribution in [0.2, 0.25) is 0 Å². The molecule has 0 atom stereocenters. The van der Waals surface area contributed by atoms with E-state index in [4.69, 9.17) is 9.26 Å². The molecule has 3 nitrogen and oxygen atoms in total. The van der Waals surface area contributed by atoms with E-state index in [1.807, 2.05) is 30.3 Å². The van der Waals surface area contributed by atoms with Crippen molar-refractivity contribution in [2.75, 3.05) is 6.61 Å². The first-order valence-electron chi connectivity index (χ1n) is 8.53. The maximum Gasteiger partial charge on any atom is 0.167 e. The van der Waals surface area contributed by atoms with Crippen LogP contribution in [0.25, 0.3) is 22.6 Å². The van der Waals surface area contributed by atoms with Crippen molar-refractivity contribution < 1.29 is 9.26 Å². The molecule has 0 fully saturated rings. The number of nitrogens with zero attached hydrogens (tertiary/aromatic N) is 1. The highest BCUT2D eigenvalue weighted by Crippen LogP contribution is 2.27. The normalized spacial score (nSPS) is 10.8. The van der Waals surface area contributed by atoms with Crippen LogP contribution in [-0.2, 0) is 0 Å². The number of ether oxygens (including phenoxy) is 1. The summed E-state index contributed by atoms with van der Waals surface area (Å²) in [4.78, 5) is 0. The summed E-state index contributed by atoms with van der Waals surface area (Å²) in [5.74, 6) is 1.66. The van der Waals surface area contributed by atoms with E-state index in [0.29, 0.717) is 0 Å². The zero-order valence-electron chi connectivity index (χ0n) is 14.3. The van der Waals surface area contributed by atoms with Gasteiger partial charge in [0.25, 0.3) is 0 Å². The Morgan fingerprint density at radius 2 is 1.62 bits per heavy atom. The minimum absolute atomic E-state index is 0.767. The van der Waals surface area contributed by atoms with Gasteiger partial charge in [0, 0.05) is 17.2 Å². The fraction of sp³-hybridized carbons (Fsp3) is 0.286. The highest BCUT2D eigenvalue weighted by Gasteiger charge is 2.08. The Hall–Kier alpha value is -2.55. The van der Waals surface area contributed by atoms with Crippen LogP contribution in [0.15, 0.2) is 59.1 Å². The third kappa shape index (κ3) is 4.05. The van der Waals surface area contributed by atoms with Crippen molar-refractivity contribution in [2.24, 2.45) is 0 Å². The number of unbranched alkanes of at least 4 members (excludes halogenated alkanes) is 2. The summed E-state index contributed by atoms with van der Waals surface area (Å²) in [6.07, 6.45) is 3.51. The summed E-state index contributed by atoms with van der Waals surface area (Å²) >= 11 is 0. The Kier molecular flexibility index (Phi) is 5.32. The van der Waals surface area contributed by atoms with Gasteiger partial charge in [-0.25, -0.2) is 0 Å². The fourth-order valence-electron chi connectivity index (χ4n) is 2.53. The van der Waals surface area contributed by atoms with Crippen LogP contribution in [0.5, 0.6) is 5.75 Å². The molecule has 3 heteroatoms. The molecule has 2 aromatic carbocycles. The Morgan fingerprint density at radius 1 is 0.917 bits per heavy atom.